The molecule has 3 N–H and O–H groups in total. The number of hydrogen-bond donors (Lipinski definition) is 2. The highest BCUT2D eigenvalue weighted by Gasteiger charge is 2.06. The number of ether oxygens (including phenoxy) is 1. The number of rotatable bonds is 6. The second-order valence-electron chi connectivity index (χ2n) is 4.47. The number of aryl methyl sites for hydroxylation is 2. The summed E-state index contributed by atoms with van der Waals surface area (Å²) in [4.78, 5) is 11.5. The molecule has 0 radical (unpaired) electrons. The molecule has 4 nitrogen and oxygen atoms in total. The van der Waals surface area contributed by atoms with E-state index in [4.69, 9.17) is 10.5 Å². The Balaban J connectivity index is 2.48. The van der Waals surface area contributed by atoms with Crippen molar-refractivity contribution in [3.05, 3.63) is 23.3 Å². The van der Waals surface area contributed by atoms with E-state index < -0.39 is 0 Å². The maximum Gasteiger partial charge on any atom is 0.257 e. The molecule has 0 aliphatic rings. The molecule has 4 heteroatoms. The van der Waals surface area contributed by atoms with Crippen molar-refractivity contribution in [3.63, 3.8) is 0 Å². The molecule has 0 fully saturated rings. The molecule has 0 aliphatic heterocycles. The maximum atomic E-state index is 11.5. The number of hydrogen-bond acceptors (Lipinski definition) is 3. The SMILES string of the molecule is CCCCNC(=O)COc1cc(C)c(N)cc1C. The first-order valence-corrected chi connectivity index (χ1v) is 6.30. The van der Waals surface area contributed by atoms with Crippen molar-refractivity contribution in [2.75, 3.05) is 18.9 Å². The highest BCUT2D eigenvalue weighted by Crippen LogP contribution is 2.23. The maximum absolute atomic E-state index is 11.5. The Morgan fingerprint density at radius 2 is 2.06 bits per heavy atom. The zero-order valence-electron chi connectivity index (χ0n) is 11.4. The molecule has 1 rings (SSSR count). The monoisotopic (exact) mass is 250 g/mol. The van der Waals surface area contributed by atoms with Gasteiger partial charge in [-0.15, -0.1) is 0 Å². The average molecular weight is 250 g/mol. The van der Waals surface area contributed by atoms with Gasteiger partial charge in [-0.25, -0.2) is 0 Å². The van der Waals surface area contributed by atoms with Crippen LogP contribution in [-0.2, 0) is 4.79 Å². The Hall–Kier alpha value is -1.71. The smallest absolute Gasteiger partial charge is 0.257 e. The molecule has 0 atom stereocenters. The lowest BCUT2D eigenvalue weighted by Crippen LogP contribution is -2.29. The van der Waals surface area contributed by atoms with Crippen LogP contribution < -0.4 is 15.8 Å². The minimum atomic E-state index is -0.0858. The molecule has 1 aromatic rings. The lowest BCUT2D eigenvalue weighted by Gasteiger charge is -2.11. The molecule has 0 saturated carbocycles. The van der Waals surface area contributed by atoms with Gasteiger partial charge in [0.25, 0.3) is 5.91 Å². The molecular formula is C14H22N2O2. The number of amides is 1. The number of nitrogens with one attached hydrogen (secondary N) is 1. The topological polar surface area (TPSA) is 64.3 Å². The standard InChI is InChI=1S/C14H22N2O2/c1-4-5-6-16-14(17)9-18-13-8-10(2)12(15)7-11(13)3/h7-8H,4-6,9,15H2,1-3H3,(H,16,17). The molecule has 0 unspecified atom stereocenters. The third kappa shape index (κ3) is 4.28. The van der Waals surface area contributed by atoms with Crippen molar-refractivity contribution in [1.29, 1.82) is 0 Å². The summed E-state index contributed by atoms with van der Waals surface area (Å²) < 4.78 is 5.50. The number of carbonyl (C=O) groups excluding carboxylic acids is 1. The number of carbonyl (C=O) groups is 1. The van der Waals surface area contributed by atoms with Gasteiger partial charge in [0, 0.05) is 12.2 Å². The minimum absolute atomic E-state index is 0.0495. The number of anilines is 1. The van der Waals surface area contributed by atoms with Crippen LogP contribution >= 0.6 is 0 Å². The third-order valence-corrected chi connectivity index (χ3v) is 2.77. The molecule has 18 heavy (non-hydrogen) atoms. The number of unbranched alkanes of at least 4 members (excludes halogenated alkanes) is 1. The van der Waals surface area contributed by atoms with Gasteiger partial charge in [-0.2, -0.15) is 0 Å². The average Bonchev–Trinajstić information content (AvgIpc) is 2.32. The van der Waals surface area contributed by atoms with Crippen molar-refractivity contribution in [2.24, 2.45) is 0 Å². The van der Waals surface area contributed by atoms with Crippen LogP contribution in [0.3, 0.4) is 0 Å². The Morgan fingerprint density at radius 3 is 2.72 bits per heavy atom. The summed E-state index contributed by atoms with van der Waals surface area (Å²) in [7, 11) is 0. The van der Waals surface area contributed by atoms with Crippen LogP contribution in [0.2, 0.25) is 0 Å². The van der Waals surface area contributed by atoms with Gasteiger partial charge in [0.15, 0.2) is 6.61 Å². The number of benzene rings is 1. The van der Waals surface area contributed by atoms with Gasteiger partial charge in [0.05, 0.1) is 0 Å². The molecule has 0 saturated heterocycles. The third-order valence-electron chi connectivity index (χ3n) is 2.77. The summed E-state index contributed by atoms with van der Waals surface area (Å²) in [6, 6.07) is 3.73. The predicted molar refractivity (Wildman–Crippen MR) is 73.7 cm³/mol. The van der Waals surface area contributed by atoms with E-state index in [1.807, 2.05) is 26.0 Å². The summed E-state index contributed by atoms with van der Waals surface area (Å²) in [5.74, 6) is 0.629. The van der Waals surface area contributed by atoms with E-state index in [9.17, 15) is 4.79 Å². The Labute approximate surface area is 109 Å². The van der Waals surface area contributed by atoms with Crippen molar-refractivity contribution in [1.82, 2.24) is 5.32 Å². The fraction of sp³-hybridized carbons (Fsp3) is 0.500. The first-order chi connectivity index (χ1) is 8.54. The van der Waals surface area contributed by atoms with E-state index in [0.29, 0.717) is 12.3 Å². The van der Waals surface area contributed by atoms with Gasteiger partial charge in [0.2, 0.25) is 0 Å². The molecule has 0 aromatic heterocycles. The van der Waals surface area contributed by atoms with Crippen LogP contribution in [0.1, 0.15) is 30.9 Å². The molecule has 1 amide bonds. The second-order valence-corrected chi connectivity index (χ2v) is 4.47. The van der Waals surface area contributed by atoms with Gasteiger partial charge < -0.3 is 15.8 Å². The zero-order valence-corrected chi connectivity index (χ0v) is 11.4. The van der Waals surface area contributed by atoms with E-state index in [-0.39, 0.29) is 12.5 Å². The van der Waals surface area contributed by atoms with Gasteiger partial charge in [-0.05, 0) is 43.5 Å². The first kappa shape index (κ1) is 14.4. The van der Waals surface area contributed by atoms with Gasteiger partial charge in [0.1, 0.15) is 5.75 Å². The minimum Gasteiger partial charge on any atom is -0.483 e. The highest BCUT2D eigenvalue weighted by atomic mass is 16.5. The van der Waals surface area contributed by atoms with E-state index in [2.05, 4.69) is 12.2 Å². The Morgan fingerprint density at radius 1 is 1.33 bits per heavy atom. The van der Waals surface area contributed by atoms with Gasteiger partial charge >= 0.3 is 0 Å². The van der Waals surface area contributed by atoms with E-state index >= 15 is 0 Å². The van der Waals surface area contributed by atoms with E-state index in [1.165, 1.54) is 0 Å². The zero-order chi connectivity index (χ0) is 13.5. The van der Waals surface area contributed by atoms with Crippen LogP contribution in [0.5, 0.6) is 5.75 Å². The molecule has 0 spiro atoms. The largest absolute Gasteiger partial charge is 0.483 e. The van der Waals surface area contributed by atoms with Crippen molar-refractivity contribution >= 4 is 11.6 Å². The molecular weight excluding hydrogens is 228 g/mol. The summed E-state index contributed by atoms with van der Waals surface area (Å²) in [6.45, 7) is 6.68. The van der Waals surface area contributed by atoms with Crippen molar-refractivity contribution in [3.8, 4) is 5.75 Å². The molecule has 100 valence electrons. The van der Waals surface area contributed by atoms with Crippen LogP contribution in [-0.4, -0.2) is 19.1 Å². The molecule has 0 bridgehead atoms. The van der Waals surface area contributed by atoms with Crippen LogP contribution in [0.15, 0.2) is 12.1 Å². The second kappa shape index (κ2) is 6.89. The molecule has 1 aromatic carbocycles. The van der Waals surface area contributed by atoms with Crippen molar-refractivity contribution < 1.29 is 9.53 Å². The Bertz CT molecular complexity index is 417. The van der Waals surface area contributed by atoms with Crippen LogP contribution in [0, 0.1) is 13.8 Å². The lowest BCUT2D eigenvalue weighted by molar-refractivity contribution is -0.123. The summed E-state index contributed by atoms with van der Waals surface area (Å²) in [5.41, 5.74) is 8.44. The fourth-order valence-electron chi connectivity index (χ4n) is 1.57. The van der Waals surface area contributed by atoms with Crippen LogP contribution in [0.4, 0.5) is 5.69 Å². The summed E-state index contributed by atoms with van der Waals surface area (Å²) in [6.07, 6.45) is 2.06. The quantitative estimate of drug-likeness (QED) is 0.601. The lowest BCUT2D eigenvalue weighted by atomic mass is 10.1. The summed E-state index contributed by atoms with van der Waals surface area (Å²) in [5, 5.41) is 2.81. The predicted octanol–water partition coefficient (Wildman–Crippen LogP) is 2.18. The fourth-order valence-corrected chi connectivity index (χ4v) is 1.57. The first-order valence-electron chi connectivity index (χ1n) is 6.30. The normalized spacial score (nSPS) is 10.2. The number of nitrogens with two attached hydrogens (primary N) is 1. The van der Waals surface area contributed by atoms with Crippen molar-refractivity contribution in [2.45, 2.75) is 33.6 Å². The van der Waals surface area contributed by atoms with Gasteiger partial charge in [-0.1, -0.05) is 13.3 Å². The van der Waals surface area contributed by atoms with E-state index in [1.54, 1.807) is 0 Å². The summed E-state index contributed by atoms with van der Waals surface area (Å²) >= 11 is 0. The highest BCUT2D eigenvalue weighted by molar-refractivity contribution is 5.77. The van der Waals surface area contributed by atoms with Crippen LogP contribution in [0.25, 0.3) is 0 Å². The molecule has 0 aliphatic carbocycles. The molecule has 0 heterocycles. The van der Waals surface area contributed by atoms with Gasteiger partial charge in [-0.3, -0.25) is 4.79 Å². The number of nitrogen functional groups attached to an aromatic ring is 1. The Kier molecular flexibility index (Phi) is 5.49. The van der Waals surface area contributed by atoms with E-state index in [0.717, 1.165) is 29.7 Å².